The number of carbonyl (C=O) groups excluding carboxylic acids is 1. The van der Waals surface area contributed by atoms with Crippen LogP contribution in [0.15, 0.2) is 42.0 Å². The van der Waals surface area contributed by atoms with Crippen LogP contribution in [0.3, 0.4) is 0 Å². The van der Waals surface area contributed by atoms with Crippen LogP contribution in [0.25, 0.3) is 6.08 Å². The third kappa shape index (κ3) is 5.98. The number of rotatable bonds is 7. The summed E-state index contributed by atoms with van der Waals surface area (Å²) in [6.45, 7) is 3.58. The summed E-state index contributed by atoms with van der Waals surface area (Å²) in [6, 6.07) is 7.74. The van der Waals surface area contributed by atoms with Gasteiger partial charge < -0.3 is 14.7 Å². The molecule has 0 aliphatic heterocycles. The fourth-order valence-corrected chi connectivity index (χ4v) is 1.70. The second kappa shape index (κ2) is 8.78. The molecule has 0 aliphatic rings. The van der Waals surface area contributed by atoms with Crippen molar-refractivity contribution in [3.8, 4) is 0 Å². The highest BCUT2D eigenvalue weighted by molar-refractivity contribution is 6.13. The van der Waals surface area contributed by atoms with E-state index < -0.39 is 11.9 Å². The van der Waals surface area contributed by atoms with Gasteiger partial charge in [-0.05, 0) is 37.1 Å². The highest BCUT2D eigenvalue weighted by Crippen LogP contribution is 2.13. The summed E-state index contributed by atoms with van der Waals surface area (Å²) in [5.41, 5.74) is 1.60. The lowest BCUT2D eigenvalue weighted by molar-refractivity contribution is -0.147. The van der Waals surface area contributed by atoms with Gasteiger partial charge in [0.25, 0.3) is 0 Å². The zero-order valence-electron chi connectivity index (χ0n) is 13.9. The number of ether oxygens (including phenoxy) is 1. The van der Waals surface area contributed by atoms with E-state index >= 15 is 0 Å². The van der Waals surface area contributed by atoms with Crippen LogP contribution < -0.4 is 4.90 Å². The van der Waals surface area contributed by atoms with Crippen LogP contribution >= 0.6 is 0 Å². The Morgan fingerprint density at radius 2 is 1.87 bits per heavy atom. The van der Waals surface area contributed by atoms with Crippen molar-refractivity contribution in [1.82, 2.24) is 0 Å². The molecule has 0 aliphatic carbocycles. The molecule has 5 heteroatoms. The van der Waals surface area contributed by atoms with Gasteiger partial charge in [0.15, 0.2) is 0 Å². The van der Waals surface area contributed by atoms with E-state index in [2.05, 4.69) is 0 Å². The SMILES string of the molecule is CCC(C)OC(=O)C(=CC=Cc1ccc(N(C)C)cc1)C(=O)O. The van der Waals surface area contributed by atoms with E-state index in [1.165, 1.54) is 12.2 Å². The molecule has 1 aromatic carbocycles. The number of hydrogen-bond donors (Lipinski definition) is 1. The van der Waals surface area contributed by atoms with Gasteiger partial charge in [0.2, 0.25) is 0 Å². The zero-order valence-corrected chi connectivity index (χ0v) is 13.9. The number of aliphatic carboxylic acids is 1. The van der Waals surface area contributed by atoms with Crippen molar-refractivity contribution < 1.29 is 19.4 Å². The van der Waals surface area contributed by atoms with E-state index in [-0.39, 0.29) is 11.7 Å². The summed E-state index contributed by atoms with van der Waals surface area (Å²) >= 11 is 0. The van der Waals surface area contributed by atoms with Gasteiger partial charge in [-0.1, -0.05) is 31.2 Å². The number of carboxylic acids is 1. The summed E-state index contributed by atoms with van der Waals surface area (Å²) in [7, 11) is 3.91. The van der Waals surface area contributed by atoms with E-state index in [9.17, 15) is 9.59 Å². The molecule has 23 heavy (non-hydrogen) atoms. The van der Waals surface area contributed by atoms with E-state index in [4.69, 9.17) is 9.84 Å². The quantitative estimate of drug-likeness (QED) is 0.275. The molecule has 1 rings (SSSR count). The summed E-state index contributed by atoms with van der Waals surface area (Å²) in [4.78, 5) is 25.0. The Morgan fingerprint density at radius 1 is 1.26 bits per heavy atom. The summed E-state index contributed by atoms with van der Waals surface area (Å²) < 4.78 is 5.04. The number of nitrogens with zero attached hydrogens (tertiary/aromatic N) is 1. The van der Waals surface area contributed by atoms with Gasteiger partial charge in [-0.15, -0.1) is 0 Å². The van der Waals surface area contributed by atoms with Gasteiger partial charge in [-0.2, -0.15) is 0 Å². The first-order chi connectivity index (χ1) is 10.8. The average Bonchev–Trinajstić information content (AvgIpc) is 2.51. The van der Waals surface area contributed by atoms with Gasteiger partial charge in [-0.3, -0.25) is 0 Å². The second-order valence-electron chi connectivity index (χ2n) is 5.35. The lowest BCUT2D eigenvalue weighted by Gasteiger charge is -2.11. The van der Waals surface area contributed by atoms with E-state index in [0.29, 0.717) is 6.42 Å². The molecule has 1 aromatic rings. The molecular formula is C18H23NO4. The topological polar surface area (TPSA) is 66.8 Å². The van der Waals surface area contributed by atoms with Crippen molar-refractivity contribution in [3.63, 3.8) is 0 Å². The number of esters is 1. The molecule has 1 N–H and O–H groups in total. The highest BCUT2D eigenvalue weighted by Gasteiger charge is 2.19. The summed E-state index contributed by atoms with van der Waals surface area (Å²) in [5, 5.41) is 9.12. The van der Waals surface area contributed by atoms with Gasteiger partial charge in [0.05, 0.1) is 6.10 Å². The fourth-order valence-electron chi connectivity index (χ4n) is 1.70. The van der Waals surface area contributed by atoms with Crippen molar-refractivity contribution in [2.24, 2.45) is 0 Å². The average molecular weight is 317 g/mol. The molecule has 0 radical (unpaired) electrons. The first-order valence-corrected chi connectivity index (χ1v) is 7.45. The molecule has 1 atom stereocenters. The molecule has 5 nitrogen and oxygen atoms in total. The van der Waals surface area contributed by atoms with Gasteiger partial charge >= 0.3 is 11.9 Å². The van der Waals surface area contributed by atoms with E-state index in [0.717, 1.165) is 11.3 Å². The summed E-state index contributed by atoms with van der Waals surface area (Å²) in [6.07, 6.45) is 4.85. The lowest BCUT2D eigenvalue weighted by Crippen LogP contribution is -2.20. The molecule has 0 spiro atoms. The molecule has 0 bridgehead atoms. The maximum absolute atomic E-state index is 11.8. The van der Waals surface area contributed by atoms with Crippen LogP contribution in [0, 0.1) is 0 Å². The van der Waals surface area contributed by atoms with Crippen molar-refractivity contribution >= 4 is 23.7 Å². The molecule has 124 valence electrons. The molecule has 0 heterocycles. The molecule has 1 unspecified atom stereocenters. The first kappa shape index (κ1) is 18.5. The predicted molar refractivity (Wildman–Crippen MR) is 91.4 cm³/mol. The van der Waals surface area contributed by atoms with Crippen LogP contribution in [0.1, 0.15) is 25.8 Å². The van der Waals surface area contributed by atoms with Crippen LogP contribution in [-0.4, -0.2) is 37.2 Å². The Labute approximate surface area is 136 Å². The number of hydrogen-bond acceptors (Lipinski definition) is 4. The standard InChI is InChI=1S/C18H23NO4/c1-5-13(2)23-18(22)16(17(20)21)8-6-7-14-9-11-15(12-10-14)19(3)4/h6-13H,5H2,1-4H3,(H,20,21). The Bertz CT molecular complexity index is 600. The Hall–Kier alpha value is -2.56. The lowest BCUT2D eigenvalue weighted by atomic mass is 10.1. The third-order valence-corrected chi connectivity index (χ3v) is 3.29. The van der Waals surface area contributed by atoms with Crippen LogP contribution in [0.2, 0.25) is 0 Å². The van der Waals surface area contributed by atoms with E-state index in [1.54, 1.807) is 13.0 Å². The minimum Gasteiger partial charge on any atom is -0.477 e. The first-order valence-electron chi connectivity index (χ1n) is 7.45. The second-order valence-corrected chi connectivity index (χ2v) is 5.35. The minimum atomic E-state index is -1.30. The van der Waals surface area contributed by atoms with Crippen molar-refractivity contribution in [2.75, 3.05) is 19.0 Å². The normalized spacial score (nSPS) is 13.0. The molecule has 0 fully saturated rings. The van der Waals surface area contributed by atoms with Crippen LogP contribution in [0.5, 0.6) is 0 Å². The summed E-state index contributed by atoms with van der Waals surface area (Å²) in [5.74, 6) is -2.12. The highest BCUT2D eigenvalue weighted by atomic mass is 16.5. The van der Waals surface area contributed by atoms with Gasteiger partial charge in [-0.25, -0.2) is 9.59 Å². The zero-order chi connectivity index (χ0) is 17.4. The number of allylic oxidation sites excluding steroid dienone is 2. The predicted octanol–water partition coefficient (Wildman–Crippen LogP) is 3.12. The van der Waals surface area contributed by atoms with Crippen molar-refractivity contribution in [3.05, 3.63) is 47.6 Å². The van der Waals surface area contributed by atoms with Crippen LogP contribution in [0.4, 0.5) is 5.69 Å². The van der Waals surface area contributed by atoms with Crippen LogP contribution in [-0.2, 0) is 14.3 Å². The Balaban J connectivity index is 2.84. The maximum atomic E-state index is 11.8. The number of carboxylic acid groups (broad SMARTS) is 1. The molecular weight excluding hydrogens is 294 g/mol. The molecule has 0 saturated carbocycles. The van der Waals surface area contributed by atoms with Crippen molar-refractivity contribution in [2.45, 2.75) is 26.4 Å². The maximum Gasteiger partial charge on any atom is 0.345 e. The fraction of sp³-hybridized carbons (Fsp3) is 0.333. The molecule has 0 saturated heterocycles. The third-order valence-electron chi connectivity index (χ3n) is 3.29. The Kier molecular flexibility index (Phi) is 7.06. The molecule has 0 aromatic heterocycles. The number of benzene rings is 1. The van der Waals surface area contributed by atoms with E-state index in [1.807, 2.05) is 50.2 Å². The van der Waals surface area contributed by atoms with Gasteiger partial charge in [0.1, 0.15) is 5.57 Å². The number of carbonyl (C=O) groups is 2. The minimum absolute atomic E-state index is 0.312. The largest absolute Gasteiger partial charge is 0.477 e. The molecule has 0 amide bonds. The smallest absolute Gasteiger partial charge is 0.345 e. The number of anilines is 1. The Morgan fingerprint density at radius 3 is 2.35 bits per heavy atom. The van der Waals surface area contributed by atoms with Gasteiger partial charge in [0, 0.05) is 19.8 Å². The monoisotopic (exact) mass is 317 g/mol. The van der Waals surface area contributed by atoms with Crippen molar-refractivity contribution in [1.29, 1.82) is 0 Å².